The lowest BCUT2D eigenvalue weighted by Crippen LogP contribution is -2.21. The molecule has 0 unspecified atom stereocenters. The second-order valence-corrected chi connectivity index (χ2v) is 8.74. The highest BCUT2D eigenvalue weighted by molar-refractivity contribution is 9.11. The number of carbonyl (C=O) groups excluding carboxylic acids is 2. The predicted octanol–water partition coefficient (Wildman–Crippen LogP) is 5.61. The second kappa shape index (κ2) is 11.1. The molecule has 0 aromatic heterocycles. The molecule has 2 amide bonds. The molecule has 0 aliphatic carbocycles. The highest BCUT2D eigenvalue weighted by Crippen LogP contribution is 2.34. The van der Waals surface area contributed by atoms with Crippen LogP contribution in [0.15, 0.2) is 74.7 Å². The number of benzene rings is 3. The molecule has 0 bridgehead atoms. The van der Waals surface area contributed by atoms with Gasteiger partial charge in [-0.2, -0.15) is 5.10 Å². The number of carbonyl (C=O) groups is 2. The number of hydrogen-bond donors (Lipinski definition) is 2. The molecule has 6 nitrogen and oxygen atoms in total. The zero-order chi connectivity index (χ0) is 23.1. The van der Waals surface area contributed by atoms with Crippen molar-refractivity contribution < 1.29 is 14.3 Å². The summed E-state index contributed by atoms with van der Waals surface area (Å²) in [6.07, 6.45) is 1.52. The third kappa shape index (κ3) is 6.51. The van der Waals surface area contributed by atoms with Crippen LogP contribution in [0.2, 0.25) is 0 Å². The van der Waals surface area contributed by atoms with Crippen molar-refractivity contribution in [3.05, 3.63) is 91.9 Å². The molecule has 0 saturated carbocycles. The van der Waals surface area contributed by atoms with Crippen LogP contribution in [0.1, 0.15) is 27.0 Å². The largest absolute Gasteiger partial charge is 0.481 e. The van der Waals surface area contributed by atoms with Gasteiger partial charge in [-0.25, -0.2) is 5.43 Å². The zero-order valence-electron chi connectivity index (χ0n) is 17.5. The minimum Gasteiger partial charge on any atom is -0.481 e. The number of hydrogen-bond acceptors (Lipinski definition) is 4. The Labute approximate surface area is 203 Å². The van der Waals surface area contributed by atoms with Gasteiger partial charge in [-0.15, -0.1) is 0 Å². The van der Waals surface area contributed by atoms with Gasteiger partial charge in [0.15, 0.2) is 6.61 Å². The van der Waals surface area contributed by atoms with Crippen LogP contribution >= 0.6 is 31.9 Å². The smallest absolute Gasteiger partial charge is 0.271 e. The van der Waals surface area contributed by atoms with E-state index in [4.69, 9.17) is 4.74 Å². The van der Waals surface area contributed by atoms with Crippen molar-refractivity contribution in [1.29, 1.82) is 0 Å². The number of anilines is 1. The third-order valence-corrected chi connectivity index (χ3v) is 5.66. The van der Waals surface area contributed by atoms with Crippen LogP contribution in [0, 0.1) is 13.8 Å². The third-order valence-electron chi connectivity index (χ3n) is 4.48. The normalized spacial score (nSPS) is 10.8. The fraction of sp³-hybridized carbons (Fsp3) is 0.125. The van der Waals surface area contributed by atoms with Crippen molar-refractivity contribution in [2.75, 3.05) is 11.9 Å². The first-order chi connectivity index (χ1) is 15.3. The summed E-state index contributed by atoms with van der Waals surface area (Å²) in [7, 11) is 0. The fourth-order valence-corrected chi connectivity index (χ4v) is 4.21. The van der Waals surface area contributed by atoms with E-state index in [0.29, 0.717) is 20.3 Å². The molecule has 0 heterocycles. The number of hydrazone groups is 1. The van der Waals surface area contributed by atoms with Crippen molar-refractivity contribution >= 4 is 55.6 Å². The molecule has 3 rings (SSSR count). The van der Waals surface area contributed by atoms with Gasteiger partial charge in [0.25, 0.3) is 11.8 Å². The van der Waals surface area contributed by atoms with Gasteiger partial charge in [0.05, 0.1) is 15.2 Å². The summed E-state index contributed by atoms with van der Waals surface area (Å²) in [5.41, 5.74) is 6.56. The fourth-order valence-electron chi connectivity index (χ4n) is 2.76. The summed E-state index contributed by atoms with van der Waals surface area (Å²) in [6, 6.07) is 18.3. The highest BCUT2D eigenvalue weighted by Gasteiger charge is 2.12. The van der Waals surface area contributed by atoms with Gasteiger partial charge in [-0.1, -0.05) is 35.9 Å². The second-order valence-electron chi connectivity index (χ2n) is 7.03. The number of ether oxygens (including phenoxy) is 1. The molecule has 0 radical (unpaired) electrons. The maximum Gasteiger partial charge on any atom is 0.271 e. The van der Waals surface area contributed by atoms with Crippen LogP contribution in [-0.4, -0.2) is 24.6 Å². The lowest BCUT2D eigenvalue weighted by atomic mass is 10.1. The minimum absolute atomic E-state index is 0.147. The number of aryl methyl sites for hydroxylation is 2. The van der Waals surface area contributed by atoms with Crippen LogP contribution in [0.5, 0.6) is 5.75 Å². The molecule has 3 aromatic rings. The Morgan fingerprint density at radius 3 is 2.31 bits per heavy atom. The van der Waals surface area contributed by atoms with Gasteiger partial charge in [-0.3, -0.25) is 9.59 Å². The van der Waals surface area contributed by atoms with Crippen molar-refractivity contribution in [3.63, 3.8) is 0 Å². The van der Waals surface area contributed by atoms with E-state index >= 15 is 0 Å². The number of rotatable bonds is 7. The Morgan fingerprint density at radius 1 is 1.00 bits per heavy atom. The average Bonchev–Trinajstić information content (AvgIpc) is 2.75. The molecule has 3 aromatic carbocycles. The number of para-hydroxylation sites is 1. The molecule has 8 heteroatoms. The van der Waals surface area contributed by atoms with Gasteiger partial charge >= 0.3 is 0 Å². The van der Waals surface area contributed by atoms with Crippen molar-refractivity contribution in [2.24, 2.45) is 5.10 Å². The maximum absolute atomic E-state index is 12.2. The summed E-state index contributed by atoms with van der Waals surface area (Å²) in [6.45, 7) is 3.73. The monoisotopic (exact) mass is 557 g/mol. The van der Waals surface area contributed by atoms with Crippen LogP contribution in [-0.2, 0) is 4.79 Å². The first-order valence-corrected chi connectivity index (χ1v) is 11.3. The lowest BCUT2D eigenvalue weighted by Gasteiger charge is -2.12. The highest BCUT2D eigenvalue weighted by atomic mass is 79.9. The van der Waals surface area contributed by atoms with E-state index in [9.17, 15) is 9.59 Å². The van der Waals surface area contributed by atoms with E-state index in [1.807, 2.05) is 50.2 Å². The van der Waals surface area contributed by atoms with Gasteiger partial charge in [-0.05, 0) is 87.2 Å². The van der Waals surface area contributed by atoms with Crippen molar-refractivity contribution in [3.8, 4) is 5.75 Å². The number of halogens is 2. The molecule has 0 aliphatic rings. The predicted molar refractivity (Wildman–Crippen MR) is 133 cm³/mol. The van der Waals surface area contributed by atoms with E-state index in [-0.39, 0.29) is 18.4 Å². The molecule has 0 saturated heterocycles. The number of nitrogens with one attached hydrogen (secondary N) is 2. The summed E-state index contributed by atoms with van der Waals surface area (Å²) in [5.74, 6) is -0.0627. The van der Waals surface area contributed by atoms with E-state index in [2.05, 4.69) is 47.7 Å². The van der Waals surface area contributed by atoms with Crippen LogP contribution in [0.4, 0.5) is 5.69 Å². The molecule has 0 fully saturated rings. The van der Waals surface area contributed by atoms with E-state index in [0.717, 1.165) is 22.4 Å². The van der Waals surface area contributed by atoms with Crippen LogP contribution in [0.3, 0.4) is 0 Å². The first kappa shape index (κ1) is 23.7. The SMILES string of the molecule is Cc1ccc(C(=O)N/N=C/c2cc(Br)c(OCC(=O)Nc3ccccc3C)c(Br)c2)cc1. The molecular formula is C24H21Br2N3O3. The van der Waals surface area contributed by atoms with Crippen LogP contribution in [0.25, 0.3) is 0 Å². The quantitative estimate of drug-likeness (QED) is 0.292. The van der Waals surface area contributed by atoms with E-state index in [1.54, 1.807) is 24.3 Å². The molecule has 0 aliphatic heterocycles. The van der Waals surface area contributed by atoms with Crippen molar-refractivity contribution in [2.45, 2.75) is 13.8 Å². The minimum atomic E-state index is -0.293. The van der Waals surface area contributed by atoms with Gasteiger partial charge in [0.2, 0.25) is 0 Å². The van der Waals surface area contributed by atoms with Gasteiger partial charge < -0.3 is 10.1 Å². The Bertz CT molecular complexity index is 1140. The van der Waals surface area contributed by atoms with E-state index in [1.165, 1.54) is 6.21 Å². The average molecular weight is 559 g/mol. The topological polar surface area (TPSA) is 79.8 Å². The first-order valence-electron chi connectivity index (χ1n) is 9.71. The summed E-state index contributed by atoms with van der Waals surface area (Å²) in [5, 5.41) is 6.84. The molecule has 32 heavy (non-hydrogen) atoms. The Kier molecular flexibility index (Phi) is 8.19. The molecule has 2 N–H and O–H groups in total. The Balaban J connectivity index is 1.59. The van der Waals surface area contributed by atoms with Crippen molar-refractivity contribution in [1.82, 2.24) is 5.43 Å². The van der Waals surface area contributed by atoms with E-state index < -0.39 is 0 Å². The Hall–Kier alpha value is -2.97. The molecular weight excluding hydrogens is 538 g/mol. The summed E-state index contributed by atoms with van der Waals surface area (Å²) in [4.78, 5) is 24.4. The standard InChI is InChI=1S/C24H21Br2N3O3/c1-15-7-9-18(10-8-15)24(31)29-27-13-17-11-19(25)23(20(26)12-17)32-14-22(30)28-21-6-4-3-5-16(21)2/h3-13H,14H2,1-2H3,(H,28,30)(H,29,31)/b27-13+. The maximum atomic E-state index is 12.2. The number of amides is 2. The molecule has 0 atom stereocenters. The molecule has 0 spiro atoms. The van der Waals surface area contributed by atoms with Crippen LogP contribution < -0.4 is 15.5 Å². The molecule has 164 valence electrons. The summed E-state index contributed by atoms with van der Waals surface area (Å²) < 4.78 is 6.97. The zero-order valence-corrected chi connectivity index (χ0v) is 20.7. The van der Waals surface area contributed by atoms with Gasteiger partial charge in [0.1, 0.15) is 5.75 Å². The number of nitrogens with zero attached hydrogens (tertiary/aromatic N) is 1. The lowest BCUT2D eigenvalue weighted by molar-refractivity contribution is -0.118. The summed E-state index contributed by atoms with van der Waals surface area (Å²) >= 11 is 6.91. The van der Waals surface area contributed by atoms with Gasteiger partial charge in [0, 0.05) is 11.3 Å². The Morgan fingerprint density at radius 2 is 1.66 bits per heavy atom.